The van der Waals surface area contributed by atoms with Gasteiger partial charge in [0, 0.05) is 15.1 Å². The predicted molar refractivity (Wildman–Crippen MR) is 76.1 cm³/mol. The Hall–Kier alpha value is -0.520. The lowest BCUT2D eigenvalue weighted by atomic mass is 10.1. The Labute approximate surface area is 115 Å². The zero-order chi connectivity index (χ0) is 12.9. The van der Waals surface area contributed by atoms with Gasteiger partial charge >= 0.3 is 0 Å². The number of amides is 1. The van der Waals surface area contributed by atoms with Crippen molar-refractivity contribution in [3.8, 4) is 0 Å². The maximum absolute atomic E-state index is 11.5. The first-order chi connectivity index (χ1) is 7.99. The van der Waals surface area contributed by atoms with Gasteiger partial charge < -0.3 is 11.1 Å². The number of carbonyl (C=O) groups excluding carboxylic acids is 1. The summed E-state index contributed by atoms with van der Waals surface area (Å²) >= 11 is 5.09. The van der Waals surface area contributed by atoms with E-state index >= 15 is 0 Å². The molecular formula is C12H17BrN2OS. The van der Waals surface area contributed by atoms with E-state index < -0.39 is 5.54 Å². The van der Waals surface area contributed by atoms with Gasteiger partial charge in [0.05, 0.1) is 0 Å². The van der Waals surface area contributed by atoms with Crippen LogP contribution < -0.4 is 11.1 Å². The van der Waals surface area contributed by atoms with Crippen LogP contribution in [-0.4, -0.2) is 23.7 Å². The van der Waals surface area contributed by atoms with Crippen LogP contribution >= 0.6 is 27.7 Å². The summed E-state index contributed by atoms with van der Waals surface area (Å²) < 4.78 is 1.04. The molecule has 0 saturated heterocycles. The Balaban J connectivity index is 2.71. The number of halogens is 1. The fraction of sp³-hybridized carbons (Fsp3) is 0.417. The number of primary amides is 1. The highest BCUT2D eigenvalue weighted by molar-refractivity contribution is 9.10. The lowest BCUT2D eigenvalue weighted by molar-refractivity contribution is -0.122. The molecule has 1 unspecified atom stereocenters. The van der Waals surface area contributed by atoms with Crippen molar-refractivity contribution in [3.63, 3.8) is 0 Å². The molecule has 1 amide bonds. The Morgan fingerprint density at radius 1 is 1.53 bits per heavy atom. The zero-order valence-electron chi connectivity index (χ0n) is 10.00. The van der Waals surface area contributed by atoms with Crippen LogP contribution in [0.5, 0.6) is 0 Å². The van der Waals surface area contributed by atoms with Crippen LogP contribution in [0.3, 0.4) is 0 Å². The van der Waals surface area contributed by atoms with Crippen molar-refractivity contribution in [3.05, 3.63) is 28.7 Å². The van der Waals surface area contributed by atoms with Crippen LogP contribution in [0.4, 0.5) is 0 Å². The predicted octanol–water partition coefficient (Wildman–Crippen LogP) is 2.39. The third-order valence-corrected chi connectivity index (χ3v) is 4.81. The molecule has 0 bridgehead atoms. The van der Waals surface area contributed by atoms with Crippen LogP contribution in [0.2, 0.25) is 0 Å². The maximum Gasteiger partial charge on any atom is 0.238 e. The summed E-state index contributed by atoms with van der Waals surface area (Å²) in [7, 11) is 0. The Morgan fingerprint density at radius 3 is 2.71 bits per heavy atom. The Morgan fingerprint density at radius 2 is 2.18 bits per heavy atom. The van der Waals surface area contributed by atoms with Crippen molar-refractivity contribution in [2.75, 3.05) is 12.3 Å². The number of rotatable bonds is 6. The van der Waals surface area contributed by atoms with Crippen molar-refractivity contribution < 1.29 is 4.79 Å². The fourth-order valence-electron chi connectivity index (χ4n) is 1.38. The molecule has 3 N–H and O–H groups in total. The molecule has 0 fully saturated rings. The molecule has 0 aliphatic carbocycles. The van der Waals surface area contributed by atoms with Gasteiger partial charge in [0.2, 0.25) is 5.91 Å². The monoisotopic (exact) mass is 316 g/mol. The number of thioether (sulfide) groups is 1. The molecule has 0 saturated carbocycles. The van der Waals surface area contributed by atoms with Gasteiger partial charge in [0.15, 0.2) is 0 Å². The van der Waals surface area contributed by atoms with Gasteiger partial charge in [-0.2, -0.15) is 0 Å². The minimum absolute atomic E-state index is 0.320. The number of hydrogen-bond donors (Lipinski definition) is 2. The molecule has 1 atom stereocenters. The zero-order valence-corrected chi connectivity index (χ0v) is 12.4. The molecule has 94 valence electrons. The molecule has 0 radical (unpaired) electrons. The second-order valence-electron chi connectivity index (χ2n) is 3.95. The summed E-state index contributed by atoms with van der Waals surface area (Å²) in [6.07, 6.45) is 0. The lowest BCUT2D eigenvalue weighted by Gasteiger charge is -2.26. The normalized spacial score (nSPS) is 14.3. The summed E-state index contributed by atoms with van der Waals surface area (Å²) in [4.78, 5) is 12.6. The molecule has 0 aliphatic rings. The van der Waals surface area contributed by atoms with Gasteiger partial charge in [-0.25, -0.2) is 0 Å². The van der Waals surface area contributed by atoms with Gasteiger partial charge in [-0.3, -0.25) is 4.79 Å². The van der Waals surface area contributed by atoms with Crippen LogP contribution in [0, 0.1) is 0 Å². The minimum atomic E-state index is -0.672. The van der Waals surface area contributed by atoms with Crippen LogP contribution in [0.1, 0.15) is 13.8 Å². The highest BCUT2D eigenvalue weighted by Gasteiger charge is 2.30. The molecule has 17 heavy (non-hydrogen) atoms. The van der Waals surface area contributed by atoms with E-state index in [1.165, 1.54) is 0 Å². The summed E-state index contributed by atoms with van der Waals surface area (Å²) in [5, 5.41) is 3.14. The molecule has 1 aromatic carbocycles. The quantitative estimate of drug-likeness (QED) is 0.792. The molecule has 0 aromatic heterocycles. The molecule has 3 nitrogen and oxygen atoms in total. The van der Waals surface area contributed by atoms with Crippen LogP contribution in [0.15, 0.2) is 33.6 Å². The lowest BCUT2D eigenvalue weighted by Crippen LogP contribution is -2.55. The maximum atomic E-state index is 11.5. The van der Waals surface area contributed by atoms with Gasteiger partial charge in [0.25, 0.3) is 0 Å². The number of carbonyl (C=O) groups is 1. The minimum Gasteiger partial charge on any atom is -0.368 e. The van der Waals surface area contributed by atoms with E-state index in [0.29, 0.717) is 5.75 Å². The molecule has 1 rings (SSSR count). The van der Waals surface area contributed by atoms with E-state index in [4.69, 9.17) is 5.73 Å². The third kappa shape index (κ3) is 4.01. The first-order valence-electron chi connectivity index (χ1n) is 5.42. The number of nitrogens with two attached hydrogens (primary N) is 1. The average molecular weight is 317 g/mol. The first kappa shape index (κ1) is 14.5. The van der Waals surface area contributed by atoms with Crippen LogP contribution in [0.25, 0.3) is 0 Å². The molecular weight excluding hydrogens is 300 g/mol. The van der Waals surface area contributed by atoms with Crippen LogP contribution in [-0.2, 0) is 4.79 Å². The Kier molecular flexibility index (Phi) is 5.49. The molecule has 0 spiro atoms. The topological polar surface area (TPSA) is 55.1 Å². The highest BCUT2D eigenvalue weighted by atomic mass is 79.9. The number of benzene rings is 1. The summed E-state index contributed by atoms with van der Waals surface area (Å²) in [5.74, 6) is 0.289. The van der Waals surface area contributed by atoms with Crippen molar-refractivity contribution >= 4 is 33.6 Å². The van der Waals surface area contributed by atoms with E-state index in [9.17, 15) is 4.79 Å². The van der Waals surface area contributed by atoms with Gasteiger partial charge in [-0.15, -0.1) is 11.8 Å². The molecule has 0 aliphatic heterocycles. The van der Waals surface area contributed by atoms with Gasteiger partial charge in [0.1, 0.15) is 5.54 Å². The third-order valence-electron chi connectivity index (χ3n) is 2.46. The number of hydrogen-bond acceptors (Lipinski definition) is 3. The van der Waals surface area contributed by atoms with E-state index in [1.807, 2.05) is 38.1 Å². The van der Waals surface area contributed by atoms with Crippen molar-refractivity contribution in [2.45, 2.75) is 24.3 Å². The summed E-state index contributed by atoms with van der Waals surface area (Å²) in [5.41, 5.74) is 4.76. The smallest absolute Gasteiger partial charge is 0.238 e. The fourth-order valence-corrected chi connectivity index (χ4v) is 3.08. The van der Waals surface area contributed by atoms with Gasteiger partial charge in [-0.1, -0.05) is 19.1 Å². The summed E-state index contributed by atoms with van der Waals surface area (Å²) in [6.45, 7) is 4.52. The molecule has 1 aromatic rings. The first-order valence-corrected chi connectivity index (χ1v) is 7.19. The standard InChI is InChI=1S/C12H17BrN2OS/c1-3-15-12(2,11(14)16)8-17-10-7-5-4-6-9(10)13/h4-7,15H,3,8H2,1-2H3,(H2,14,16). The largest absolute Gasteiger partial charge is 0.368 e. The highest BCUT2D eigenvalue weighted by Crippen LogP contribution is 2.29. The van der Waals surface area contributed by atoms with Gasteiger partial charge in [-0.05, 0) is 41.5 Å². The van der Waals surface area contributed by atoms with E-state index in [0.717, 1.165) is 15.9 Å². The number of nitrogens with one attached hydrogen (secondary N) is 1. The molecule has 0 heterocycles. The summed E-state index contributed by atoms with van der Waals surface area (Å²) in [6, 6.07) is 7.94. The van der Waals surface area contributed by atoms with E-state index in [-0.39, 0.29) is 5.91 Å². The second-order valence-corrected chi connectivity index (χ2v) is 5.82. The molecule has 5 heteroatoms. The SMILES string of the molecule is CCNC(C)(CSc1ccccc1Br)C(N)=O. The van der Waals surface area contributed by atoms with Crippen molar-refractivity contribution in [1.29, 1.82) is 0 Å². The van der Waals surface area contributed by atoms with Crippen molar-refractivity contribution in [1.82, 2.24) is 5.32 Å². The van der Waals surface area contributed by atoms with E-state index in [2.05, 4.69) is 21.2 Å². The average Bonchev–Trinajstić information content (AvgIpc) is 2.28. The Bertz CT molecular complexity index is 400. The number of likely N-dealkylation sites (N-methyl/N-ethyl adjacent to an activating group) is 1. The van der Waals surface area contributed by atoms with E-state index in [1.54, 1.807) is 11.8 Å². The second kappa shape index (κ2) is 6.42. The van der Waals surface area contributed by atoms with Crippen molar-refractivity contribution in [2.24, 2.45) is 5.73 Å².